The van der Waals surface area contributed by atoms with Gasteiger partial charge in [0, 0.05) is 17.3 Å². The highest BCUT2D eigenvalue weighted by Crippen LogP contribution is 2.25. The molecule has 0 aromatic carbocycles. The van der Waals surface area contributed by atoms with E-state index in [1.807, 2.05) is 0 Å². The highest BCUT2D eigenvalue weighted by Gasteiger charge is 2.19. The van der Waals surface area contributed by atoms with Crippen LogP contribution in [0.1, 0.15) is 0 Å². The van der Waals surface area contributed by atoms with Crippen molar-refractivity contribution >= 4 is 40.4 Å². The molecule has 9 heavy (non-hydrogen) atoms. The average Bonchev–Trinajstić information content (AvgIpc) is 1.90. The van der Waals surface area contributed by atoms with Crippen LogP contribution in [-0.4, -0.2) is 27.8 Å². The monoisotopic (exact) mass is 182 g/mol. The van der Waals surface area contributed by atoms with Crippen LogP contribution < -0.4 is 0 Å². The zero-order valence-corrected chi connectivity index (χ0v) is 7.19. The minimum atomic E-state index is -0.188. The number of thioether (sulfide) groups is 2. The van der Waals surface area contributed by atoms with Crippen molar-refractivity contribution in [3.63, 3.8) is 0 Å². The minimum Gasteiger partial charge on any atom is -0.280 e. The van der Waals surface area contributed by atoms with Gasteiger partial charge in [-0.15, -0.1) is 11.8 Å². The van der Waals surface area contributed by atoms with Crippen LogP contribution >= 0.6 is 35.1 Å². The van der Waals surface area contributed by atoms with Crippen LogP contribution in [0.15, 0.2) is 0 Å². The first-order valence-corrected chi connectivity index (χ1v) is 5.27. The number of hydrogen-bond donors (Lipinski definition) is 0. The molecule has 1 fully saturated rings. The van der Waals surface area contributed by atoms with Crippen molar-refractivity contribution in [3.8, 4) is 0 Å². The van der Waals surface area contributed by atoms with Gasteiger partial charge in [-0.2, -0.15) is 11.8 Å². The van der Waals surface area contributed by atoms with Crippen LogP contribution in [0.25, 0.3) is 0 Å². The average molecular weight is 183 g/mol. The smallest absolute Gasteiger partial charge is 0.235 e. The largest absolute Gasteiger partial charge is 0.280 e. The van der Waals surface area contributed by atoms with Gasteiger partial charge in [-0.3, -0.25) is 4.79 Å². The summed E-state index contributed by atoms with van der Waals surface area (Å²) in [6.45, 7) is 0. The second-order valence-corrected chi connectivity index (χ2v) is 4.57. The molecule has 0 radical (unpaired) electrons. The van der Waals surface area contributed by atoms with Crippen molar-refractivity contribution in [2.24, 2.45) is 0 Å². The van der Waals surface area contributed by atoms with E-state index in [-0.39, 0.29) is 10.5 Å². The Morgan fingerprint density at radius 3 is 2.67 bits per heavy atom. The Labute approximate surface area is 67.9 Å². The SMILES string of the molecule is O=C(Cl)C1CSCCS1. The lowest BCUT2D eigenvalue weighted by molar-refractivity contribution is -0.110. The Bertz CT molecular complexity index is 112. The van der Waals surface area contributed by atoms with Crippen LogP contribution in [0, 0.1) is 0 Å². The van der Waals surface area contributed by atoms with Crippen molar-refractivity contribution in [3.05, 3.63) is 0 Å². The fraction of sp³-hybridized carbons (Fsp3) is 0.800. The van der Waals surface area contributed by atoms with Crippen molar-refractivity contribution in [1.82, 2.24) is 0 Å². The summed E-state index contributed by atoms with van der Waals surface area (Å²) in [5.41, 5.74) is 0. The lowest BCUT2D eigenvalue weighted by atomic mass is 10.5. The molecule has 1 saturated heterocycles. The highest BCUT2D eigenvalue weighted by atomic mass is 35.5. The zero-order valence-electron chi connectivity index (χ0n) is 4.80. The topological polar surface area (TPSA) is 17.1 Å². The first kappa shape index (κ1) is 7.76. The van der Waals surface area contributed by atoms with Crippen molar-refractivity contribution in [1.29, 1.82) is 0 Å². The van der Waals surface area contributed by atoms with Gasteiger partial charge in [0.15, 0.2) is 0 Å². The van der Waals surface area contributed by atoms with Crippen LogP contribution in [0.3, 0.4) is 0 Å². The molecule has 1 heterocycles. The number of carbonyl (C=O) groups is 1. The second kappa shape index (κ2) is 3.74. The Morgan fingerprint density at radius 1 is 1.56 bits per heavy atom. The van der Waals surface area contributed by atoms with Crippen LogP contribution in [-0.2, 0) is 4.79 Å². The number of rotatable bonds is 1. The van der Waals surface area contributed by atoms with Gasteiger partial charge in [-0.25, -0.2) is 0 Å². The molecule has 1 aliphatic rings. The number of hydrogen-bond acceptors (Lipinski definition) is 3. The van der Waals surface area contributed by atoms with Gasteiger partial charge in [0.05, 0.1) is 5.25 Å². The van der Waals surface area contributed by atoms with Crippen molar-refractivity contribution in [2.75, 3.05) is 17.3 Å². The first-order valence-electron chi connectivity index (χ1n) is 2.69. The van der Waals surface area contributed by atoms with E-state index in [0.29, 0.717) is 0 Å². The second-order valence-electron chi connectivity index (χ2n) is 1.74. The molecule has 52 valence electrons. The molecule has 0 aromatic rings. The zero-order chi connectivity index (χ0) is 6.69. The molecular formula is C5H7ClOS2. The summed E-state index contributed by atoms with van der Waals surface area (Å²) < 4.78 is 0. The fourth-order valence-electron chi connectivity index (χ4n) is 0.619. The molecule has 0 bridgehead atoms. The number of halogens is 1. The summed E-state index contributed by atoms with van der Waals surface area (Å²) in [5, 5.41) is -0.127. The minimum absolute atomic E-state index is 0.0606. The third kappa shape index (κ3) is 2.40. The molecule has 0 N–H and O–H groups in total. The van der Waals surface area contributed by atoms with Gasteiger partial charge in [-0.05, 0) is 11.6 Å². The summed E-state index contributed by atoms with van der Waals surface area (Å²) in [6.07, 6.45) is 0. The lowest BCUT2D eigenvalue weighted by Gasteiger charge is -2.16. The van der Waals surface area contributed by atoms with Crippen molar-refractivity contribution < 1.29 is 4.79 Å². The summed E-state index contributed by atoms with van der Waals surface area (Å²) in [7, 11) is 0. The maximum absolute atomic E-state index is 10.5. The molecular weight excluding hydrogens is 176 g/mol. The van der Waals surface area contributed by atoms with Gasteiger partial charge in [0.2, 0.25) is 5.24 Å². The van der Waals surface area contributed by atoms with E-state index >= 15 is 0 Å². The van der Waals surface area contributed by atoms with Gasteiger partial charge in [0.1, 0.15) is 0 Å². The molecule has 1 rings (SSSR count). The molecule has 1 aliphatic heterocycles. The molecule has 0 aromatic heterocycles. The predicted molar refractivity (Wildman–Crippen MR) is 44.4 cm³/mol. The maximum atomic E-state index is 10.5. The van der Waals surface area contributed by atoms with Gasteiger partial charge < -0.3 is 0 Å². The van der Waals surface area contributed by atoms with Gasteiger partial charge in [-0.1, -0.05) is 0 Å². The Morgan fingerprint density at radius 2 is 2.33 bits per heavy atom. The standard InChI is InChI=1S/C5H7ClOS2/c6-5(7)4-3-8-1-2-9-4/h4H,1-3H2. The van der Waals surface area contributed by atoms with E-state index in [4.69, 9.17) is 11.6 Å². The van der Waals surface area contributed by atoms with E-state index in [1.54, 1.807) is 23.5 Å². The summed E-state index contributed by atoms with van der Waals surface area (Å²) in [4.78, 5) is 10.5. The van der Waals surface area contributed by atoms with E-state index in [2.05, 4.69) is 0 Å². The van der Waals surface area contributed by atoms with Gasteiger partial charge >= 0.3 is 0 Å². The lowest BCUT2D eigenvalue weighted by Crippen LogP contribution is -2.19. The molecule has 4 heteroatoms. The summed E-state index contributed by atoms with van der Waals surface area (Å²) >= 11 is 8.76. The number of carbonyl (C=O) groups excluding carboxylic acids is 1. The third-order valence-electron chi connectivity index (χ3n) is 1.07. The van der Waals surface area contributed by atoms with E-state index in [9.17, 15) is 4.79 Å². The third-order valence-corrected chi connectivity index (χ3v) is 4.22. The van der Waals surface area contributed by atoms with E-state index in [0.717, 1.165) is 17.3 Å². The van der Waals surface area contributed by atoms with Gasteiger partial charge in [0.25, 0.3) is 0 Å². The summed E-state index contributed by atoms with van der Waals surface area (Å²) in [5.74, 6) is 3.12. The highest BCUT2D eigenvalue weighted by molar-refractivity contribution is 8.07. The van der Waals surface area contributed by atoms with Crippen LogP contribution in [0.2, 0.25) is 0 Å². The molecule has 0 aliphatic carbocycles. The molecule has 1 atom stereocenters. The molecule has 0 amide bonds. The Balaban J connectivity index is 2.31. The summed E-state index contributed by atoms with van der Waals surface area (Å²) in [6, 6.07) is 0. The molecule has 1 nitrogen and oxygen atoms in total. The normalized spacial score (nSPS) is 27.9. The Kier molecular flexibility index (Phi) is 3.22. The fourth-order valence-corrected chi connectivity index (χ4v) is 3.45. The molecule has 0 spiro atoms. The quantitative estimate of drug-likeness (QED) is 0.574. The van der Waals surface area contributed by atoms with E-state index < -0.39 is 0 Å². The Hall–Kier alpha value is 0.660. The molecule has 1 unspecified atom stereocenters. The molecule has 0 saturated carbocycles. The maximum Gasteiger partial charge on any atom is 0.235 e. The predicted octanol–water partition coefficient (Wildman–Crippen LogP) is 1.60. The van der Waals surface area contributed by atoms with E-state index in [1.165, 1.54) is 0 Å². The van der Waals surface area contributed by atoms with Crippen LogP contribution in [0.5, 0.6) is 0 Å². The first-order chi connectivity index (χ1) is 4.30. The van der Waals surface area contributed by atoms with Crippen molar-refractivity contribution in [2.45, 2.75) is 5.25 Å². The van der Waals surface area contributed by atoms with Crippen LogP contribution in [0.4, 0.5) is 0 Å².